The zero-order valence-corrected chi connectivity index (χ0v) is 12.9. The van der Waals surface area contributed by atoms with Crippen molar-refractivity contribution in [1.82, 2.24) is 10.2 Å². The number of hydrogen-bond acceptors (Lipinski definition) is 4. The molecule has 1 heterocycles. The van der Waals surface area contributed by atoms with Crippen LogP contribution in [0, 0.1) is 0 Å². The SMILES string of the molecule is CC[C@@H]1CO[C@H](C)CN1CCNC(=O)OC(C)(C)C. The third-order valence-electron chi connectivity index (χ3n) is 3.12. The lowest BCUT2D eigenvalue weighted by atomic mass is 10.1. The minimum atomic E-state index is -0.441. The largest absolute Gasteiger partial charge is 0.444 e. The second-order valence-electron chi connectivity index (χ2n) is 6.13. The second kappa shape index (κ2) is 7.10. The smallest absolute Gasteiger partial charge is 0.407 e. The number of morpholine rings is 1. The van der Waals surface area contributed by atoms with E-state index in [9.17, 15) is 4.79 Å². The van der Waals surface area contributed by atoms with Crippen molar-refractivity contribution in [2.24, 2.45) is 0 Å². The van der Waals surface area contributed by atoms with E-state index in [0.717, 1.165) is 26.1 Å². The van der Waals surface area contributed by atoms with E-state index in [0.29, 0.717) is 12.6 Å². The summed E-state index contributed by atoms with van der Waals surface area (Å²) < 4.78 is 10.9. The van der Waals surface area contributed by atoms with Crippen molar-refractivity contribution >= 4 is 6.09 Å². The van der Waals surface area contributed by atoms with Crippen LogP contribution in [0.4, 0.5) is 4.79 Å². The molecule has 0 spiro atoms. The van der Waals surface area contributed by atoms with Gasteiger partial charge in [-0.3, -0.25) is 4.90 Å². The van der Waals surface area contributed by atoms with Gasteiger partial charge in [-0.1, -0.05) is 6.92 Å². The minimum absolute atomic E-state index is 0.268. The molecule has 0 saturated carbocycles. The van der Waals surface area contributed by atoms with Gasteiger partial charge >= 0.3 is 6.09 Å². The average molecular weight is 272 g/mol. The standard InChI is InChI=1S/C14H28N2O3/c1-6-12-10-18-11(2)9-16(12)8-7-15-13(17)19-14(3,4)5/h11-12H,6-10H2,1-5H3,(H,15,17)/t11-,12-/m1/s1. The van der Waals surface area contributed by atoms with E-state index in [1.807, 2.05) is 20.8 Å². The summed E-state index contributed by atoms with van der Waals surface area (Å²) in [5, 5.41) is 2.80. The molecule has 5 nitrogen and oxygen atoms in total. The molecule has 0 unspecified atom stereocenters. The Kier molecular flexibility index (Phi) is 6.07. The van der Waals surface area contributed by atoms with Crippen LogP contribution in [0.1, 0.15) is 41.0 Å². The first kappa shape index (κ1) is 16.2. The molecule has 1 aliphatic heterocycles. The summed E-state index contributed by atoms with van der Waals surface area (Å²) >= 11 is 0. The number of rotatable bonds is 4. The van der Waals surface area contributed by atoms with E-state index in [-0.39, 0.29) is 12.2 Å². The van der Waals surface area contributed by atoms with Gasteiger partial charge in [0.15, 0.2) is 0 Å². The fraction of sp³-hybridized carbons (Fsp3) is 0.929. The summed E-state index contributed by atoms with van der Waals surface area (Å²) in [5.41, 5.74) is -0.441. The fourth-order valence-electron chi connectivity index (χ4n) is 2.18. The van der Waals surface area contributed by atoms with Crippen molar-refractivity contribution in [2.75, 3.05) is 26.2 Å². The summed E-state index contributed by atoms with van der Waals surface area (Å²) in [4.78, 5) is 13.9. The third-order valence-corrected chi connectivity index (χ3v) is 3.12. The maximum atomic E-state index is 11.5. The van der Waals surface area contributed by atoms with E-state index >= 15 is 0 Å². The Hall–Kier alpha value is -0.810. The van der Waals surface area contributed by atoms with Crippen LogP contribution in [0.5, 0.6) is 0 Å². The molecule has 1 N–H and O–H groups in total. The number of carbonyl (C=O) groups is 1. The molecular formula is C14H28N2O3. The molecule has 1 aliphatic rings. The van der Waals surface area contributed by atoms with Crippen molar-refractivity contribution in [3.05, 3.63) is 0 Å². The molecular weight excluding hydrogens is 244 g/mol. The summed E-state index contributed by atoms with van der Waals surface area (Å²) in [5.74, 6) is 0. The molecule has 112 valence electrons. The van der Waals surface area contributed by atoms with E-state index < -0.39 is 5.60 Å². The Morgan fingerprint density at radius 2 is 2.16 bits per heavy atom. The van der Waals surface area contributed by atoms with Gasteiger partial charge in [0.25, 0.3) is 0 Å². The third kappa shape index (κ3) is 6.25. The van der Waals surface area contributed by atoms with Crippen LogP contribution in [0.3, 0.4) is 0 Å². The van der Waals surface area contributed by atoms with Crippen LogP contribution in [-0.4, -0.2) is 55.0 Å². The maximum Gasteiger partial charge on any atom is 0.407 e. The fourth-order valence-corrected chi connectivity index (χ4v) is 2.18. The van der Waals surface area contributed by atoms with Crippen LogP contribution in [-0.2, 0) is 9.47 Å². The molecule has 1 rings (SSSR count). The molecule has 0 aromatic rings. The van der Waals surface area contributed by atoms with E-state index in [1.54, 1.807) is 0 Å². The Labute approximate surface area is 116 Å². The summed E-state index contributed by atoms with van der Waals surface area (Å²) in [6, 6.07) is 0.455. The number of hydrogen-bond donors (Lipinski definition) is 1. The van der Waals surface area contributed by atoms with Gasteiger partial charge in [0.2, 0.25) is 0 Å². The first-order valence-electron chi connectivity index (χ1n) is 7.14. The van der Waals surface area contributed by atoms with E-state index in [2.05, 4.69) is 24.1 Å². The quantitative estimate of drug-likeness (QED) is 0.850. The minimum Gasteiger partial charge on any atom is -0.444 e. The van der Waals surface area contributed by atoms with Crippen molar-refractivity contribution in [2.45, 2.75) is 58.8 Å². The number of nitrogens with one attached hydrogen (secondary N) is 1. The number of nitrogens with zero attached hydrogens (tertiary/aromatic N) is 1. The van der Waals surface area contributed by atoms with Gasteiger partial charge in [-0.15, -0.1) is 0 Å². The van der Waals surface area contributed by atoms with Crippen LogP contribution >= 0.6 is 0 Å². The summed E-state index contributed by atoms with van der Waals surface area (Å²) in [6.45, 7) is 13.0. The van der Waals surface area contributed by atoms with Crippen LogP contribution < -0.4 is 5.32 Å². The highest BCUT2D eigenvalue weighted by atomic mass is 16.6. The molecule has 19 heavy (non-hydrogen) atoms. The second-order valence-corrected chi connectivity index (χ2v) is 6.13. The van der Waals surface area contributed by atoms with Crippen molar-refractivity contribution in [1.29, 1.82) is 0 Å². The molecule has 0 radical (unpaired) electrons. The van der Waals surface area contributed by atoms with Crippen molar-refractivity contribution < 1.29 is 14.3 Å². The number of amides is 1. The normalized spacial score (nSPS) is 25.1. The molecule has 0 bridgehead atoms. The van der Waals surface area contributed by atoms with Crippen molar-refractivity contribution in [3.63, 3.8) is 0 Å². The highest BCUT2D eigenvalue weighted by Gasteiger charge is 2.25. The lowest BCUT2D eigenvalue weighted by Gasteiger charge is -2.38. The predicted octanol–water partition coefficient (Wildman–Crippen LogP) is 2.01. The van der Waals surface area contributed by atoms with Gasteiger partial charge in [-0.25, -0.2) is 4.79 Å². The molecule has 2 atom stereocenters. The summed E-state index contributed by atoms with van der Waals surface area (Å²) in [6.07, 6.45) is 0.991. The highest BCUT2D eigenvalue weighted by molar-refractivity contribution is 5.67. The predicted molar refractivity (Wildman–Crippen MR) is 75.3 cm³/mol. The van der Waals surface area contributed by atoms with Gasteiger partial charge in [0.05, 0.1) is 12.7 Å². The molecule has 1 fully saturated rings. The van der Waals surface area contributed by atoms with Gasteiger partial charge < -0.3 is 14.8 Å². The Bertz CT molecular complexity index is 289. The number of alkyl carbamates (subject to hydrolysis) is 1. The maximum absolute atomic E-state index is 11.5. The molecule has 0 aromatic heterocycles. The molecule has 0 aliphatic carbocycles. The van der Waals surface area contributed by atoms with Crippen LogP contribution in [0.15, 0.2) is 0 Å². The molecule has 1 amide bonds. The topological polar surface area (TPSA) is 50.8 Å². The molecule has 5 heteroatoms. The molecule has 0 aromatic carbocycles. The Morgan fingerprint density at radius 3 is 2.74 bits per heavy atom. The van der Waals surface area contributed by atoms with Crippen LogP contribution in [0.25, 0.3) is 0 Å². The van der Waals surface area contributed by atoms with Crippen LogP contribution in [0.2, 0.25) is 0 Å². The first-order valence-corrected chi connectivity index (χ1v) is 7.14. The summed E-state index contributed by atoms with van der Waals surface area (Å²) in [7, 11) is 0. The monoisotopic (exact) mass is 272 g/mol. The van der Waals surface area contributed by atoms with Gasteiger partial charge in [0, 0.05) is 25.7 Å². The van der Waals surface area contributed by atoms with Gasteiger partial charge in [-0.05, 0) is 34.1 Å². The van der Waals surface area contributed by atoms with Gasteiger partial charge in [-0.2, -0.15) is 0 Å². The van der Waals surface area contributed by atoms with E-state index in [4.69, 9.17) is 9.47 Å². The average Bonchev–Trinajstić information content (AvgIpc) is 2.27. The highest BCUT2D eigenvalue weighted by Crippen LogP contribution is 2.13. The number of ether oxygens (including phenoxy) is 2. The van der Waals surface area contributed by atoms with E-state index in [1.165, 1.54) is 0 Å². The zero-order chi connectivity index (χ0) is 14.5. The van der Waals surface area contributed by atoms with Gasteiger partial charge in [0.1, 0.15) is 5.60 Å². The number of carbonyl (C=O) groups excluding carboxylic acids is 1. The lowest BCUT2D eigenvalue weighted by molar-refractivity contribution is -0.0551. The first-order chi connectivity index (χ1) is 8.81. The molecule has 1 saturated heterocycles. The lowest BCUT2D eigenvalue weighted by Crippen LogP contribution is -2.51. The Morgan fingerprint density at radius 1 is 1.47 bits per heavy atom. The Balaban J connectivity index is 2.29. The van der Waals surface area contributed by atoms with Crippen molar-refractivity contribution in [3.8, 4) is 0 Å². The zero-order valence-electron chi connectivity index (χ0n) is 12.9.